The van der Waals surface area contributed by atoms with Crippen LogP contribution >= 0.6 is 0 Å². The predicted octanol–water partition coefficient (Wildman–Crippen LogP) is 1.06. The Balaban J connectivity index is 2.70. The van der Waals surface area contributed by atoms with E-state index in [2.05, 4.69) is 0 Å². The summed E-state index contributed by atoms with van der Waals surface area (Å²) in [5, 5.41) is 9.40. The molecule has 1 aromatic carbocycles. The zero-order chi connectivity index (χ0) is 9.59. The summed E-state index contributed by atoms with van der Waals surface area (Å²) >= 11 is 0. The fraction of sp³-hybridized carbons (Fsp3) is 0.333. The van der Waals surface area contributed by atoms with Crippen LogP contribution in [0.5, 0.6) is 5.75 Å². The number of phenols is 1. The van der Waals surface area contributed by atoms with Crippen LogP contribution in [0.2, 0.25) is 0 Å². The number of nitrogens with two attached hydrogens (primary N) is 2. The zero-order valence-electron chi connectivity index (χ0n) is 7.05. The Hall–Kier alpha value is -1.29. The average Bonchev–Trinajstić information content (AvgIpc) is 2.44. The van der Waals surface area contributed by atoms with Gasteiger partial charge in [-0.25, -0.2) is 4.39 Å². The number of aromatic hydroxyl groups is 1. The fourth-order valence-electron chi connectivity index (χ4n) is 1.84. The number of hydrogen-bond acceptors (Lipinski definition) is 3. The molecule has 0 saturated heterocycles. The Morgan fingerprint density at radius 2 is 2.23 bits per heavy atom. The van der Waals surface area contributed by atoms with Crippen LogP contribution in [0.3, 0.4) is 0 Å². The predicted molar refractivity (Wildman–Crippen MR) is 47.7 cm³/mol. The van der Waals surface area contributed by atoms with Crippen molar-refractivity contribution in [1.29, 1.82) is 0 Å². The molecule has 0 bridgehead atoms. The Morgan fingerprint density at radius 1 is 1.54 bits per heavy atom. The second-order valence-electron chi connectivity index (χ2n) is 3.33. The van der Waals surface area contributed by atoms with E-state index < -0.39 is 5.82 Å². The summed E-state index contributed by atoms with van der Waals surface area (Å²) in [5.74, 6) is -1.03. The molecule has 1 atom stereocenters. The maximum absolute atomic E-state index is 13.0. The van der Waals surface area contributed by atoms with Crippen LogP contribution in [0.25, 0.3) is 0 Å². The first kappa shape index (κ1) is 8.31. The number of benzene rings is 1. The van der Waals surface area contributed by atoms with E-state index >= 15 is 0 Å². The van der Waals surface area contributed by atoms with Gasteiger partial charge in [-0.2, -0.15) is 0 Å². The van der Waals surface area contributed by atoms with E-state index in [4.69, 9.17) is 11.5 Å². The van der Waals surface area contributed by atoms with Gasteiger partial charge in [0.25, 0.3) is 0 Å². The van der Waals surface area contributed by atoms with Crippen LogP contribution in [-0.4, -0.2) is 5.11 Å². The highest BCUT2D eigenvalue weighted by Gasteiger charge is 2.26. The zero-order valence-corrected chi connectivity index (χ0v) is 7.05. The Bertz CT molecular complexity index is 365. The van der Waals surface area contributed by atoms with E-state index in [0.29, 0.717) is 11.3 Å². The van der Waals surface area contributed by atoms with Crippen molar-refractivity contribution in [1.82, 2.24) is 0 Å². The van der Waals surface area contributed by atoms with Crippen molar-refractivity contribution >= 4 is 5.69 Å². The van der Waals surface area contributed by atoms with Gasteiger partial charge in [-0.05, 0) is 18.4 Å². The summed E-state index contributed by atoms with van der Waals surface area (Å²) in [7, 11) is 0. The molecule has 1 aliphatic rings. The van der Waals surface area contributed by atoms with Gasteiger partial charge in [-0.3, -0.25) is 0 Å². The van der Waals surface area contributed by atoms with Crippen molar-refractivity contribution in [3.05, 3.63) is 23.0 Å². The van der Waals surface area contributed by atoms with E-state index in [9.17, 15) is 9.50 Å². The van der Waals surface area contributed by atoms with Gasteiger partial charge in [0, 0.05) is 23.4 Å². The largest absolute Gasteiger partial charge is 0.505 e. The number of rotatable bonds is 0. The molecule has 4 heteroatoms. The molecule has 0 heterocycles. The molecular weight excluding hydrogens is 171 g/mol. The Labute approximate surface area is 75.2 Å². The second kappa shape index (κ2) is 2.60. The molecule has 0 aliphatic heterocycles. The van der Waals surface area contributed by atoms with Gasteiger partial charge in [0.1, 0.15) is 0 Å². The summed E-state index contributed by atoms with van der Waals surface area (Å²) in [4.78, 5) is 0. The van der Waals surface area contributed by atoms with Gasteiger partial charge < -0.3 is 16.6 Å². The number of anilines is 1. The molecular formula is C9H11FN2O. The molecule has 3 nitrogen and oxygen atoms in total. The summed E-state index contributed by atoms with van der Waals surface area (Å²) in [6.45, 7) is 0. The topological polar surface area (TPSA) is 72.3 Å². The minimum Gasteiger partial charge on any atom is -0.505 e. The minimum absolute atomic E-state index is 0.284. The maximum atomic E-state index is 13.0. The Morgan fingerprint density at radius 3 is 2.92 bits per heavy atom. The van der Waals surface area contributed by atoms with E-state index in [0.717, 1.165) is 24.5 Å². The highest BCUT2D eigenvalue weighted by molar-refractivity contribution is 5.59. The monoisotopic (exact) mass is 182 g/mol. The lowest BCUT2D eigenvalue weighted by Gasteiger charge is -2.09. The molecule has 5 N–H and O–H groups in total. The lowest BCUT2D eigenvalue weighted by Crippen LogP contribution is -2.06. The third-order valence-corrected chi connectivity index (χ3v) is 2.51. The molecule has 1 aliphatic carbocycles. The molecule has 0 amide bonds. The van der Waals surface area contributed by atoms with E-state index in [1.165, 1.54) is 0 Å². The molecule has 0 aromatic heterocycles. The molecule has 0 radical (unpaired) electrons. The normalized spacial score (nSPS) is 20.3. The SMILES string of the molecule is Nc1cc(F)c(O)c2c1CCC2N. The van der Waals surface area contributed by atoms with Gasteiger partial charge in [0.2, 0.25) is 0 Å². The maximum Gasteiger partial charge on any atom is 0.167 e. The van der Waals surface area contributed by atoms with Crippen molar-refractivity contribution in [2.75, 3.05) is 5.73 Å². The molecule has 0 saturated carbocycles. The standard InChI is InChI=1S/C9H11FN2O/c10-5-3-7(12)4-1-2-6(11)8(4)9(5)13/h3,6,13H,1-2,11-12H2. The highest BCUT2D eigenvalue weighted by atomic mass is 19.1. The lowest BCUT2D eigenvalue weighted by molar-refractivity contribution is 0.423. The van der Waals surface area contributed by atoms with E-state index in [1.54, 1.807) is 0 Å². The molecule has 70 valence electrons. The van der Waals surface area contributed by atoms with Crippen LogP contribution in [0.1, 0.15) is 23.6 Å². The van der Waals surface area contributed by atoms with Gasteiger partial charge >= 0.3 is 0 Å². The summed E-state index contributed by atoms with van der Waals surface area (Å²) < 4.78 is 13.0. The molecule has 1 aromatic rings. The number of nitrogen functional groups attached to an aromatic ring is 1. The second-order valence-corrected chi connectivity index (χ2v) is 3.33. The quantitative estimate of drug-likeness (QED) is 0.415. The highest BCUT2D eigenvalue weighted by Crippen LogP contribution is 2.40. The molecule has 2 rings (SSSR count). The van der Waals surface area contributed by atoms with Crippen LogP contribution in [0, 0.1) is 5.82 Å². The number of fused-ring (bicyclic) bond motifs is 1. The fourth-order valence-corrected chi connectivity index (χ4v) is 1.84. The van der Waals surface area contributed by atoms with Gasteiger partial charge in [-0.1, -0.05) is 0 Å². The number of phenolic OH excluding ortho intramolecular Hbond substituents is 1. The van der Waals surface area contributed by atoms with E-state index in [1.807, 2.05) is 0 Å². The molecule has 0 fully saturated rings. The van der Waals surface area contributed by atoms with Crippen LogP contribution in [0.4, 0.5) is 10.1 Å². The first-order valence-corrected chi connectivity index (χ1v) is 4.16. The lowest BCUT2D eigenvalue weighted by atomic mass is 10.1. The minimum atomic E-state index is -0.686. The summed E-state index contributed by atoms with van der Waals surface area (Å²) in [6.07, 6.45) is 1.44. The molecule has 13 heavy (non-hydrogen) atoms. The summed E-state index contributed by atoms with van der Waals surface area (Å²) in [5.41, 5.74) is 13.0. The van der Waals surface area contributed by atoms with Crippen molar-refractivity contribution in [2.24, 2.45) is 5.73 Å². The molecule has 1 unspecified atom stereocenters. The Kier molecular flexibility index (Phi) is 1.66. The average molecular weight is 182 g/mol. The van der Waals surface area contributed by atoms with Crippen molar-refractivity contribution in [2.45, 2.75) is 18.9 Å². The molecule has 0 spiro atoms. The summed E-state index contributed by atoms with van der Waals surface area (Å²) in [6, 6.07) is 0.861. The third kappa shape index (κ3) is 1.06. The van der Waals surface area contributed by atoms with Crippen LogP contribution < -0.4 is 11.5 Å². The first-order valence-electron chi connectivity index (χ1n) is 4.16. The van der Waals surface area contributed by atoms with E-state index in [-0.39, 0.29) is 11.8 Å². The number of hydrogen-bond donors (Lipinski definition) is 3. The first-order chi connectivity index (χ1) is 6.11. The van der Waals surface area contributed by atoms with Crippen molar-refractivity contribution in [3.63, 3.8) is 0 Å². The van der Waals surface area contributed by atoms with Crippen molar-refractivity contribution < 1.29 is 9.50 Å². The van der Waals surface area contributed by atoms with Gasteiger partial charge in [0.15, 0.2) is 11.6 Å². The third-order valence-electron chi connectivity index (χ3n) is 2.51. The smallest absolute Gasteiger partial charge is 0.167 e. The van der Waals surface area contributed by atoms with Gasteiger partial charge in [-0.15, -0.1) is 0 Å². The number of halogens is 1. The van der Waals surface area contributed by atoms with Gasteiger partial charge in [0.05, 0.1) is 0 Å². The van der Waals surface area contributed by atoms with Crippen LogP contribution in [0.15, 0.2) is 6.07 Å². The van der Waals surface area contributed by atoms with Crippen LogP contribution in [-0.2, 0) is 6.42 Å². The van der Waals surface area contributed by atoms with Crippen molar-refractivity contribution in [3.8, 4) is 5.75 Å².